The van der Waals surface area contributed by atoms with Crippen LogP contribution in [0.15, 0.2) is 29.3 Å². The molecule has 0 saturated carbocycles. The summed E-state index contributed by atoms with van der Waals surface area (Å²) in [6, 6.07) is 7.86. The minimum absolute atomic E-state index is 0.658. The number of benzene rings is 1. The van der Waals surface area contributed by atoms with Crippen LogP contribution < -0.4 is 10.6 Å². The van der Waals surface area contributed by atoms with Crippen LogP contribution in [0.5, 0.6) is 0 Å². The topological polar surface area (TPSA) is 42.9 Å². The molecule has 5 nitrogen and oxygen atoms in total. The van der Waals surface area contributed by atoms with E-state index in [0.717, 1.165) is 42.6 Å². The van der Waals surface area contributed by atoms with Gasteiger partial charge >= 0.3 is 0 Å². The molecule has 25 heavy (non-hydrogen) atoms. The Morgan fingerprint density at radius 2 is 1.92 bits per heavy atom. The van der Waals surface area contributed by atoms with Crippen molar-refractivity contribution in [3.05, 3.63) is 34.9 Å². The Bertz CT molecular complexity index is 517. The van der Waals surface area contributed by atoms with Crippen molar-refractivity contribution in [2.75, 3.05) is 52.9 Å². The minimum atomic E-state index is 0.658. The van der Waals surface area contributed by atoms with E-state index in [0.29, 0.717) is 6.54 Å². The first-order valence-electron chi connectivity index (χ1n) is 9.35. The Hall–Kier alpha value is -1.30. The number of guanidine groups is 1. The third kappa shape index (κ3) is 8.08. The number of halogens is 1. The van der Waals surface area contributed by atoms with E-state index < -0.39 is 0 Å². The van der Waals surface area contributed by atoms with Gasteiger partial charge in [0.05, 0.1) is 6.54 Å². The van der Waals surface area contributed by atoms with Crippen LogP contribution in [0, 0.1) is 0 Å². The second-order valence-corrected chi connectivity index (χ2v) is 7.04. The Labute approximate surface area is 157 Å². The molecule has 0 amide bonds. The van der Waals surface area contributed by atoms with Crippen LogP contribution in [0.2, 0.25) is 5.02 Å². The number of nitrogens with one attached hydrogen (secondary N) is 2. The van der Waals surface area contributed by atoms with E-state index in [9.17, 15) is 0 Å². The summed E-state index contributed by atoms with van der Waals surface area (Å²) in [7, 11) is 2.21. The van der Waals surface area contributed by atoms with E-state index >= 15 is 0 Å². The molecule has 1 aromatic rings. The highest BCUT2D eigenvalue weighted by atomic mass is 35.5. The first-order chi connectivity index (χ1) is 12.2. The van der Waals surface area contributed by atoms with E-state index in [4.69, 9.17) is 11.6 Å². The molecule has 1 heterocycles. The average Bonchev–Trinajstić information content (AvgIpc) is 2.82. The molecule has 0 radical (unpaired) electrons. The third-order valence-corrected chi connectivity index (χ3v) is 4.68. The normalized spacial score (nSPS) is 17.3. The van der Waals surface area contributed by atoms with Crippen molar-refractivity contribution in [2.24, 2.45) is 4.99 Å². The Morgan fingerprint density at radius 1 is 1.12 bits per heavy atom. The maximum atomic E-state index is 5.92. The summed E-state index contributed by atoms with van der Waals surface area (Å²) in [6.45, 7) is 10.5. The minimum Gasteiger partial charge on any atom is -0.357 e. The van der Waals surface area contributed by atoms with Gasteiger partial charge in [-0.25, -0.2) is 4.99 Å². The maximum Gasteiger partial charge on any atom is 0.191 e. The summed E-state index contributed by atoms with van der Waals surface area (Å²) in [5.74, 6) is 0.882. The molecule has 0 atom stereocenters. The number of hydrogen-bond donors (Lipinski definition) is 2. The van der Waals surface area contributed by atoms with Gasteiger partial charge in [-0.2, -0.15) is 0 Å². The van der Waals surface area contributed by atoms with Gasteiger partial charge in [0.1, 0.15) is 0 Å². The lowest BCUT2D eigenvalue weighted by atomic mass is 10.2. The fourth-order valence-electron chi connectivity index (χ4n) is 2.93. The van der Waals surface area contributed by atoms with Crippen LogP contribution in [0.3, 0.4) is 0 Å². The lowest BCUT2D eigenvalue weighted by molar-refractivity contribution is 0.274. The van der Waals surface area contributed by atoms with Gasteiger partial charge in [-0.15, -0.1) is 0 Å². The SMILES string of the molecule is CCNC(=NCc1ccc(Cl)cc1)NCCCN1CCCN(C)CC1. The molecule has 0 aliphatic carbocycles. The fraction of sp³-hybridized carbons (Fsp3) is 0.632. The molecular formula is C19H32ClN5. The predicted octanol–water partition coefficient (Wildman–Crippen LogP) is 2.42. The zero-order chi connectivity index (χ0) is 17.9. The molecule has 140 valence electrons. The smallest absolute Gasteiger partial charge is 0.191 e. The lowest BCUT2D eigenvalue weighted by Crippen LogP contribution is -2.39. The van der Waals surface area contributed by atoms with Crippen molar-refractivity contribution in [1.82, 2.24) is 20.4 Å². The van der Waals surface area contributed by atoms with Gasteiger partial charge in [0.25, 0.3) is 0 Å². The third-order valence-electron chi connectivity index (χ3n) is 4.43. The predicted molar refractivity (Wildman–Crippen MR) is 107 cm³/mol. The zero-order valence-corrected chi connectivity index (χ0v) is 16.4. The second-order valence-electron chi connectivity index (χ2n) is 6.60. The van der Waals surface area contributed by atoms with Crippen LogP contribution in [0.4, 0.5) is 0 Å². The molecule has 0 aromatic heterocycles. The molecule has 0 bridgehead atoms. The molecule has 1 saturated heterocycles. The van der Waals surface area contributed by atoms with Gasteiger partial charge in [0, 0.05) is 31.2 Å². The second kappa shape index (κ2) is 11.3. The molecular weight excluding hydrogens is 334 g/mol. The number of rotatable bonds is 7. The van der Waals surface area contributed by atoms with Crippen molar-refractivity contribution in [3.63, 3.8) is 0 Å². The molecule has 1 aliphatic rings. The van der Waals surface area contributed by atoms with Crippen molar-refractivity contribution in [2.45, 2.75) is 26.3 Å². The van der Waals surface area contributed by atoms with E-state index in [-0.39, 0.29) is 0 Å². The van der Waals surface area contributed by atoms with E-state index in [1.165, 1.54) is 32.6 Å². The molecule has 2 N–H and O–H groups in total. The highest BCUT2D eigenvalue weighted by Gasteiger charge is 2.11. The van der Waals surface area contributed by atoms with Crippen molar-refractivity contribution in [1.29, 1.82) is 0 Å². The molecule has 0 spiro atoms. The number of likely N-dealkylation sites (N-methyl/N-ethyl adjacent to an activating group) is 1. The van der Waals surface area contributed by atoms with E-state index in [1.807, 2.05) is 24.3 Å². The first-order valence-corrected chi connectivity index (χ1v) is 9.72. The van der Waals surface area contributed by atoms with Gasteiger partial charge in [-0.3, -0.25) is 0 Å². The Balaban J connectivity index is 1.71. The summed E-state index contributed by atoms with van der Waals surface area (Å²) < 4.78 is 0. The first kappa shape index (κ1) is 20.0. The van der Waals surface area contributed by atoms with Gasteiger partial charge in [-0.1, -0.05) is 23.7 Å². The fourth-order valence-corrected chi connectivity index (χ4v) is 3.06. The van der Waals surface area contributed by atoms with Crippen molar-refractivity contribution >= 4 is 17.6 Å². The lowest BCUT2D eigenvalue weighted by Gasteiger charge is -2.20. The van der Waals surface area contributed by atoms with Crippen LogP contribution in [0.25, 0.3) is 0 Å². The monoisotopic (exact) mass is 365 g/mol. The molecule has 2 rings (SSSR count). The quantitative estimate of drug-likeness (QED) is 0.442. The van der Waals surface area contributed by atoms with E-state index in [2.05, 4.69) is 39.4 Å². The van der Waals surface area contributed by atoms with Crippen molar-refractivity contribution in [3.8, 4) is 0 Å². The summed E-state index contributed by atoms with van der Waals surface area (Å²) in [4.78, 5) is 9.65. The number of nitrogens with zero attached hydrogens (tertiary/aromatic N) is 3. The van der Waals surface area contributed by atoms with Gasteiger partial charge < -0.3 is 20.4 Å². The molecule has 1 aliphatic heterocycles. The molecule has 1 aromatic carbocycles. The number of hydrogen-bond acceptors (Lipinski definition) is 3. The summed E-state index contributed by atoms with van der Waals surface area (Å²) in [5.41, 5.74) is 1.16. The zero-order valence-electron chi connectivity index (χ0n) is 15.6. The van der Waals surface area contributed by atoms with Crippen LogP contribution in [-0.4, -0.2) is 68.6 Å². The van der Waals surface area contributed by atoms with Gasteiger partial charge in [0.15, 0.2) is 5.96 Å². The molecule has 1 fully saturated rings. The Kier molecular flexibility index (Phi) is 9.08. The summed E-state index contributed by atoms with van der Waals surface area (Å²) in [6.07, 6.45) is 2.41. The highest BCUT2D eigenvalue weighted by Crippen LogP contribution is 2.10. The van der Waals surface area contributed by atoms with Gasteiger partial charge in [-0.05, 0) is 64.1 Å². The van der Waals surface area contributed by atoms with Crippen LogP contribution >= 0.6 is 11.6 Å². The summed E-state index contributed by atoms with van der Waals surface area (Å²) >= 11 is 5.92. The largest absolute Gasteiger partial charge is 0.357 e. The highest BCUT2D eigenvalue weighted by molar-refractivity contribution is 6.30. The standard InChI is InChI=1S/C19H32ClN5/c1-3-21-19(23-16-17-6-8-18(20)9-7-17)22-10-4-12-25-13-5-11-24(2)14-15-25/h6-9H,3-5,10-16H2,1-2H3,(H2,21,22,23). The summed E-state index contributed by atoms with van der Waals surface area (Å²) in [5, 5.41) is 7.51. The molecule has 6 heteroatoms. The maximum absolute atomic E-state index is 5.92. The van der Waals surface area contributed by atoms with E-state index in [1.54, 1.807) is 0 Å². The average molecular weight is 366 g/mol. The number of aliphatic imine (C=N–C) groups is 1. The van der Waals surface area contributed by atoms with Crippen LogP contribution in [0.1, 0.15) is 25.3 Å². The Morgan fingerprint density at radius 3 is 2.68 bits per heavy atom. The van der Waals surface area contributed by atoms with Crippen molar-refractivity contribution < 1.29 is 0 Å². The van der Waals surface area contributed by atoms with Crippen LogP contribution in [-0.2, 0) is 6.54 Å². The van der Waals surface area contributed by atoms with Gasteiger partial charge in [0.2, 0.25) is 0 Å². The molecule has 0 unspecified atom stereocenters.